The number of carbonyl (C=O) groups excluding carboxylic acids is 1. The minimum atomic E-state index is -0.491. The van der Waals surface area contributed by atoms with Crippen molar-refractivity contribution in [3.05, 3.63) is 54.1 Å². The van der Waals surface area contributed by atoms with Crippen LogP contribution in [-0.4, -0.2) is 11.6 Å². The third-order valence-electron chi connectivity index (χ3n) is 2.76. The highest BCUT2D eigenvalue weighted by Gasteiger charge is 2.19. The van der Waals surface area contributed by atoms with Crippen LogP contribution >= 0.6 is 0 Å². The van der Waals surface area contributed by atoms with Crippen LogP contribution < -0.4 is 0 Å². The zero-order valence-corrected chi connectivity index (χ0v) is 11.6. The normalized spacial score (nSPS) is 11.3. The molecule has 2 aromatic rings. The first-order chi connectivity index (χ1) is 8.90. The first kappa shape index (κ1) is 13.3. The van der Waals surface area contributed by atoms with E-state index in [9.17, 15) is 4.79 Å². The fourth-order valence-electron chi connectivity index (χ4n) is 1.93. The first-order valence-corrected chi connectivity index (χ1v) is 6.29. The number of hydrogen-bond acceptors (Lipinski definition) is 2. The van der Waals surface area contributed by atoms with Gasteiger partial charge in [-0.2, -0.15) is 0 Å². The van der Waals surface area contributed by atoms with Crippen LogP contribution in [-0.2, 0) is 4.74 Å². The molecule has 0 aliphatic carbocycles. The first-order valence-electron chi connectivity index (χ1n) is 6.29. The molecule has 0 unspecified atom stereocenters. The second-order valence-electron chi connectivity index (χ2n) is 5.49. The Morgan fingerprint density at radius 1 is 1.21 bits per heavy atom. The smallest absolute Gasteiger partial charge is 0.339 e. The van der Waals surface area contributed by atoms with Crippen LogP contribution in [0.2, 0.25) is 0 Å². The standard InChI is InChI=1S/C17H18O2/c1-5-12-9-10-13-7-6-8-14(15(13)11-12)16(18)19-17(2,3)4/h5-11H,1H2,2-4H3. The van der Waals surface area contributed by atoms with Crippen molar-refractivity contribution < 1.29 is 9.53 Å². The van der Waals surface area contributed by atoms with Gasteiger partial charge in [0.05, 0.1) is 5.56 Å². The second kappa shape index (κ2) is 4.88. The molecule has 2 nitrogen and oxygen atoms in total. The van der Waals surface area contributed by atoms with Gasteiger partial charge in [0.1, 0.15) is 5.60 Å². The molecule has 0 aliphatic rings. The molecule has 2 heteroatoms. The summed E-state index contributed by atoms with van der Waals surface area (Å²) in [4.78, 5) is 12.2. The van der Waals surface area contributed by atoms with E-state index in [4.69, 9.17) is 4.74 Å². The van der Waals surface area contributed by atoms with Crippen LogP contribution in [0.1, 0.15) is 36.7 Å². The highest BCUT2D eigenvalue weighted by molar-refractivity contribution is 6.05. The maximum absolute atomic E-state index is 12.2. The Labute approximate surface area is 113 Å². The summed E-state index contributed by atoms with van der Waals surface area (Å²) in [7, 11) is 0. The average molecular weight is 254 g/mol. The quantitative estimate of drug-likeness (QED) is 0.741. The molecule has 2 rings (SSSR count). The zero-order valence-electron chi connectivity index (χ0n) is 11.6. The SMILES string of the molecule is C=Cc1ccc2cccc(C(=O)OC(C)(C)C)c2c1. The largest absolute Gasteiger partial charge is 0.456 e. The molecule has 0 N–H and O–H groups in total. The van der Waals surface area contributed by atoms with Crippen molar-refractivity contribution in [2.75, 3.05) is 0 Å². The molecule has 0 heterocycles. The Hall–Kier alpha value is -2.09. The van der Waals surface area contributed by atoms with E-state index in [1.165, 1.54) is 0 Å². The third-order valence-corrected chi connectivity index (χ3v) is 2.76. The molecule has 0 spiro atoms. The van der Waals surface area contributed by atoms with E-state index in [2.05, 4.69) is 6.58 Å². The molecule has 0 atom stereocenters. The van der Waals surface area contributed by atoms with Gasteiger partial charge in [0.2, 0.25) is 0 Å². The van der Waals surface area contributed by atoms with Crippen LogP contribution in [0.15, 0.2) is 43.0 Å². The molecular weight excluding hydrogens is 236 g/mol. The van der Waals surface area contributed by atoms with Crippen molar-refractivity contribution in [3.8, 4) is 0 Å². The Kier molecular flexibility index (Phi) is 3.43. The summed E-state index contributed by atoms with van der Waals surface area (Å²) in [6, 6.07) is 11.6. The number of esters is 1. The maximum Gasteiger partial charge on any atom is 0.339 e. The van der Waals surface area contributed by atoms with Crippen molar-refractivity contribution in [1.82, 2.24) is 0 Å². The average Bonchev–Trinajstić information content (AvgIpc) is 2.35. The highest BCUT2D eigenvalue weighted by Crippen LogP contribution is 2.23. The van der Waals surface area contributed by atoms with Gasteiger partial charge in [0.15, 0.2) is 0 Å². The van der Waals surface area contributed by atoms with E-state index in [0.717, 1.165) is 16.3 Å². The van der Waals surface area contributed by atoms with E-state index in [1.807, 2.05) is 51.1 Å². The van der Waals surface area contributed by atoms with Crippen LogP contribution in [0.4, 0.5) is 0 Å². The lowest BCUT2D eigenvalue weighted by molar-refractivity contribution is 0.00719. The van der Waals surface area contributed by atoms with Crippen molar-refractivity contribution >= 4 is 22.8 Å². The van der Waals surface area contributed by atoms with Gasteiger partial charge in [-0.05, 0) is 49.2 Å². The zero-order chi connectivity index (χ0) is 14.0. The predicted octanol–water partition coefficient (Wildman–Crippen LogP) is 4.44. The summed E-state index contributed by atoms with van der Waals surface area (Å²) in [5, 5.41) is 1.92. The maximum atomic E-state index is 12.2. The van der Waals surface area contributed by atoms with Crippen molar-refractivity contribution in [1.29, 1.82) is 0 Å². The summed E-state index contributed by atoms with van der Waals surface area (Å²) in [5.41, 5.74) is 1.09. The molecule has 0 saturated heterocycles. The molecule has 0 fully saturated rings. The van der Waals surface area contributed by atoms with Crippen molar-refractivity contribution in [2.24, 2.45) is 0 Å². The fourth-order valence-corrected chi connectivity index (χ4v) is 1.93. The summed E-state index contributed by atoms with van der Waals surface area (Å²) in [6.45, 7) is 9.35. The lowest BCUT2D eigenvalue weighted by Gasteiger charge is -2.20. The topological polar surface area (TPSA) is 26.3 Å². The van der Waals surface area contributed by atoms with Gasteiger partial charge < -0.3 is 4.74 Å². The van der Waals surface area contributed by atoms with Gasteiger partial charge in [-0.3, -0.25) is 0 Å². The molecule has 0 aromatic heterocycles. The highest BCUT2D eigenvalue weighted by atomic mass is 16.6. The van der Waals surface area contributed by atoms with E-state index in [-0.39, 0.29) is 5.97 Å². The Balaban J connectivity index is 2.53. The Morgan fingerprint density at radius 3 is 2.58 bits per heavy atom. The van der Waals surface area contributed by atoms with E-state index < -0.39 is 5.60 Å². The van der Waals surface area contributed by atoms with Crippen LogP contribution in [0, 0.1) is 0 Å². The minimum Gasteiger partial charge on any atom is -0.456 e. The molecular formula is C17H18O2. The molecule has 0 bridgehead atoms. The summed E-state index contributed by atoms with van der Waals surface area (Å²) >= 11 is 0. The second-order valence-corrected chi connectivity index (χ2v) is 5.49. The van der Waals surface area contributed by atoms with Gasteiger partial charge in [0.25, 0.3) is 0 Å². The lowest BCUT2D eigenvalue weighted by Crippen LogP contribution is -2.24. The molecule has 0 radical (unpaired) electrons. The summed E-state index contributed by atoms with van der Waals surface area (Å²) in [5.74, 6) is -0.292. The number of carbonyl (C=O) groups is 1. The van der Waals surface area contributed by atoms with Crippen LogP contribution in [0.5, 0.6) is 0 Å². The monoisotopic (exact) mass is 254 g/mol. The fraction of sp³-hybridized carbons (Fsp3) is 0.235. The van der Waals surface area contributed by atoms with Gasteiger partial charge >= 0.3 is 5.97 Å². The minimum absolute atomic E-state index is 0.292. The Morgan fingerprint density at radius 2 is 1.95 bits per heavy atom. The van der Waals surface area contributed by atoms with Crippen molar-refractivity contribution in [3.63, 3.8) is 0 Å². The molecule has 0 amide bonds. The van der Waals surface area contributed by atoms with Crippen molar-refractivity contribution in [2.45, 2.75) is 26.4 Å². The predicted molar refractivity (Wildman–Crippen MR) is 79.2 cm³/mol. The number of rotatable bonds is 2. The molecule has 2 aromatic carbocycles. The van der Waals surface area contributed by atoms with Gasteiger partial charge in [-0.1, -0.05) is 36.9 Å². The van der Waals surface area contributed by atoms with E-state index in [0.29, 0.717) is 5.56 Å². The van der Waals surface area contributed by atoms with E-state index >= 15 is 0 Å². The number of benzene rings is 2. The number of fused-ring (bicyclic) bond motifs is 1. The van der Waals surface area contributed by atoms with Gasteiger partial charge in [-0.15, -0.1) is 0 Å². The lowest BCUT2D eigenvalue weighted by atomic mass is 10.0. The molecule has 98 valence electrons. The molecule has 0 saturated carbocycles. The van der Waals surface area contributed by atoms with E-state index in [1.54, 1.807) is 12.1 Å². The summed E-state index contributed by atoms with van der Waals surface area (Å²) < 4.78 is 5.44. The number of ether oxygens (including phenoxy) is 1. The van der Waals surface area contributed by atoms with Crippen LogP contribution in [0.25, 0.3) is 16.8 Å². The molecule has 19 heavy (non-hydrogen) atoms. The Bertz CT molecular complexity index is 633. The third kappa shape index (κ3) is 3.02. The summed E-state index contributed by atoms with van der Waals surface area (Å²) in [6.07, 6.45) is 1.77. The number of hydrogen-bond donors (Lipinski definition) is 0. The van der Waals surface area contributed by atoms with Crippen LogP contribution in [0.3, 0.4) is 0 Å². The molecule has 0 aliphatic heterocycles. The van der Waals surface area contributed by atoms with Gasteiger partial charge in [0, 0.05) is 0 Å². The van der Waals surface area contributed by atoms with Gasteiger partial charge in [-0.25, -0.2) is 4.79 Å².